The molecule has 1 aromatic heterocycles. The van der Waals surface area contributed by atoms with Crippen molar-refractivity contribution in [3.63, 3.8) is 0 Å². The van der Waals surface area contributed by atoms with Crippen molar-refractivity contribution >= 4 is 5.91 Å². The van der Waals surface area contributed by atoms with Crippen molar-refractivity contribution < 1.29 is 19.0 Å². The minimum absolute atomic E-state index is 0.0346. The van der Waals surface area contributed by atoms with Gasteiger partial charge in [0.25, 0.3) is 0 Å². The molecule has 25 heavy (non-hydrogen) atoms. The summed E-state index contributed by atoms with van der Waals surface area (Å²) in [5.41, 5.74) is 1.97. The highest BCUT2D eigenvalue weighted by Gasteiger charge is 2.35. The van der Waals surface area contributed by atoms with Gasteiger partial charge in [0, 0.05) is 25.7 Å². The Morgan fingerprint density at radius 1 is 1.44 bits per heavy atom. The van der Waals surface area contributed by atoms with E-state index in [2.05, 4.69) is 5.10 Å². The number of hydrogen-bond acceptors (Lipinski definition) is 4. The molecule has 0 aliphatic carbocycles. The molecular weight excluding hydrogens is 325 g/mol. The van der Waals surface area contributed by atoms with Gasteiger partial charge in [-0.15, -0.1) is 0 Å². The fraction of sp³-hybridized carbons (Fsp3) is 0.444. The second-order valence-electron chi connectivity index (χ2n) is 6.39. The Balaban J connectivity index is 1.55. The maximum absolute atomic E-state index is 13.2. The Morgan fingerprint density at radius 3 is 2.92 bits per heavy atom. The number of aliphatic hydroxyl groups is 1. The standard InChI is InChI=1S/C18H22FN3O3/c1-12-13(9-21(2)20-12)6-7-18(24)22-10-16(23)17(11-22)25-15-5-3-4-14(19)8-15/h3-5,8-9,16-17,23H,6-7,10-11H2,1-2H3/t16-,17-/m1/s1. The van der Waals surface area contributed by atoms with E-state index in [9.17, 15) is 14.3 Å². The molecule has 2 aromatic rings. The number of amides is 1. The fourth-order valence-electron chi connectivity index (χ4n) is 3.09. The third-order valence-electron chi connectivity index (χ3n) is 4.40. The number of ether oxygens (including phenoxy) is 1. The van der Waals surface area contributed by atoms with Crippen molar-refractivity contribution in [1.29, 1.82) is 0 Å². The quantitative estimate of drug-likeness (QED) is 0.889. The van der Waals surface area contributed by atoms with Crippen molar-refractivity contribution in [3.8, 4) is 5.75 Å². The Bertz CT molecular complexity index is 762. The van der Waals surface area contributed by atoms with Gasteiger partial charge in [-0.3, -0.25) is 9.48 Å². The topological polar surface area (TPSA) is 67.6 Å². The van der Waals surface area contributed by atoms with Crippen LogP contribution in [0.4, 0.5) is 4.39 Å². The van der Waals surface area contributed by atoms with Gasteiger partial charge in [0.15, 0.2) is 0 Å². The first kappa shape index (κ1) is 17.4. The smallest absolute Gasteiger partial charge is 0.223 e. The lowest BCUT2D eigenvalue weighted by Gasteiger charge is -2.17. The zero-order chi connectivity index (χ0) is 18.0. The molecule has 0 bridgehead atoms. The number of aliphatic hydroxyl groups excluding tert-OH is 1. The molecule has 1 N–H and O–H groups in total. The van der Waals surface area contributed by atoms with E-state index < -0.39 is 18.0 Å². The summed E-state index contributed by atoms with van der Waals surface area (Å²) in [6, 6.07) is 5.77. The molecule has 0 unspecified atom stereocenters. The number of carbonyl (C=O) groups is 1. The molecule has 6 nitrogen and oxygen atoms in total. The predicted octanol–water partition coefficient (Wildman–Crippen LogP) is 1.45. The predicted molar refractivity (Wildman–Crippen MR) is 89.7 cm³/mol. The number of rotatable bonds is 5. The molecule has 1 saturated heterocycles. The summed E-state index contributed by atoms with van der Waals surface area (Å²) in [4.78, 5) is 14.0. The Kier molecular flexibility index (Phi) is 5.03. The molecule has 2 heterocycles. The van der Waals surface area contributed by atoms with E-state index in [0.29, 0.717) is 25.1 Å². The lowest BCUT2D eigenvalue weighted by atomic mass is 10.1. The Hall–Kier alpha value is -2.41. The van der Waals surface area contributed by atoms with Crippen LogP contribution in [0.25, 0.3) is 0 Å². The van der Waals surface area contributed by atoms with Gasteiger partial charge in [-0.25, -0.2) is 4.39 Å². The van der Waals surface area contributed by atoms with Crippen LogP contribution in [0.2, 0.25) is 0 Å². The number of β-amino-alcohol motifs (C(OH)–C–C–N with tert-alkyl or cyclic N) is 1. The first-order chi connectivity index (χ1) is 11.9. The summed E-state index contributed by atoms with van der Waals surface area (Å²) in [5.74, 6) is -0.0817. The van der Waals surface area contributed by atoms with Crippen LogP contribution in [-0.4, -0.2) is 51.0 Å². The second kappa shape index (κ2) is 7.23. The normalized spacial score (nSPS) is 20.1. The molecule has 134 valence electrons. The van der Waals surface area contributed by atoms with Crippen molar-refractivity contribution in [3.05, 3.63) is 47.5 Å². The Morgan fingerprint density at radius 2 is 2.24 bits per heavy atom. The summed E-state index contributed by atoms with van der Waals surface area (Å²) in [6.07, 6.45) is 1.54. The van der Waals surface area contributed by atoms with Gasteiger partial charge in [-0.05, 0) is 31.0 Å². The molecule has 1 aromatic carbocycles. The van der Waals surface area contributed by atoms with Crippen LogP contribution in [0.3, 0.4) is 0 Å². The SMILES string of the molecule is Cc1nn(C)cc1CCC(=O)N1C[C@@H](O)[C@H](Oc2cccc(F)c2)C1. The molecular formula is C18H22FN3O3. The molecule has 1 amide bonds. The summed E-state index contributed by atoms with van der Waals surface area (Å²) in [5, 5.41) is 14.4. The van der Waals surface area contributed by atoms with E-state index in [0.717, 1.165) is 11.3 Å². The monoisotopic (exact) mass is 347 g/mol. The highest BCUT2D eigenvalue weighted by molar-refractivity contribution is 5.77. The van der Waals surface area contributed by atoms with Gasteiger partial charge in [-0.1, -0.05) is 6.07 Å². The molecule has 7 heteroatoms. The van der Waals surface area contributed by atoms with Gasteiger partial charge in [0.05, 0.1) is 18.8 Å². The average molecular weight is 347 g/mol. The number of carbonyl (C=O) groups excluding carboxylic acids is 1. The van der Waals surface area contributed by atoms with Crippen LogP contribution in [0.15, 0.2) is 30.5 Å². The molecule has 0 saturated carbocycles. The van der Waals surface area contributed by atoms with Gasteiger partial charge in [-0.2, -0.15) is 5.10 Å². The molecule has 0 radical (unpaired) electrons. The van der Waals surface area contributed by atoms with Crippen molar-refractivity contribution in [1.82, 2.24) is 14.7 Å². The summed E-state index contributed by atoms with van der Waals surface area (Å²) < 4.78 is 20.6. The molecule has 1 aliphatic heterocycles. The second-order valence-corrected chi connectivity index (χ2v) is 6.39. The van der Waals surface area contributed by atoms with Gasteiger partial charge < -0.3 is 14.7 Å². The van der Waals surface area contributed by atoms with E-state index in [1.54, 1.807) is 21.7 Å². The minimum atomic E-state index is -0.785. The first-order valence-corrected chi connectivity index (χ1v) is 8.29. The molecule has 1 aliphatic rings. The molecule has 1 fully saturated rings. The highest BCUT2D eigenvalue weighted by Crippen LogP contribution is 2.20. The maximum atomic E-state index is 13.2. The van der Waals surface area contributed by atoms with E-state index in [1.165, 1.54) is 12.1 Å². The molecule has 2 atom stereocenters. The maximum Gasteiger partial charge on any atom is 0.223 e. The zero-order valence-corrected chi connectivity index (χ0v) is 14.4. The fourth-order valence-corrected chi connectivity index (χ4v) is 3.09. The number of aryl methyl sites for hydroxylation is 3. The number of hydrogen-bond donors (Lipinski definition) is 1. The number of likely N-dealkylation sites (tertiary alicyclic amines) is 1. The van der Waals surface area contributed by atoms with Crippen LogP contribution in [0, 0.1) is 12.7 Å². The van der Waals surface area contributed by atoms with Gasteiger partial charge >= 0.3 is 0 Å². The minimum Gasteiger partial charge on any atom is -0.486 e. The summed E-state index contributed by atoms with van der Waals surface area (Å²) in [7, 11) is 1.85. The van der Waals surface area contributed by atoms with E-state index in [1.807, 2.05) is 20.2 Å². The third kappa shape index (κ3) is 4.17. The lowest BCUT2D eigenvalue weighted by molar-refractivity contribution is -0.130. The van der Waals surface area contributed by atoms with Crippen LogP contribution in [-0.2, 0) is 18.3 Å². The van der Waals surface area contributed by atoms with Crippen LogP contribution < -0.4 is 4.74 Å². The van der Waals surface area contributed by atoms with Crippen LogP contribution >= 0.6 is 0 Å². The van der Waals surface area contributed by atoms with Gasteiger partial charge in [0.1, 0.15) is 23.8 Å². The number of nitrogens with zero attached hydrogens (tertiary/aromatic N) is 3. The summed E-state index contributed by atoms with van der Waals surface area (Å²) in [6.45, 7) is 2.44. The van der Waals surface area contributed by atoms with E-state index >= 15 is 0 Å². The zero-order valence-electron chi connectivity index (χ0n) is 14.4. The molecule has 0 spiro atoms. The number of aromatic nitrogens is 2. The largest absolute Gasteiger partial charge is 0.486 e. The summed E-state index contributed by atoms with van der Waals surface area (Å²) >= 11 is 0. The highest BCUT2D eigenvalue weighted by atomic mass is 19.1. The molecule has 3 rings (SSSR count). The average Bonchev–Trinajstić information content (AvgIpc) is 3.07. The Labute approximate surface area is 145 Å². The number of halogens is 1. The van der Waals surface area contributed by atoms with Crippen LogP contribution in [0.5, 0.6) is 5.75 Å². The van der Waals surface area contributed by atoms with Crippen LogP contribution in [0.1, 0.15) is 17.7 Å². The van der Waals surface area contributed by atoms with Gasteiger partial charge in [0.2, 0.25) is 5.91 Å². The van der Waals surface area contributed by atoms with E-state index in [-0.39, 0.29) is 12.5 Å². The third-order valence-corrected chi connectivity index (χ3v) is 4.40. The lowest BCUT2D eigenvalue weighted by Crippen LogP contribution is -2.31. The van der Waals surface area contributed by atoms with Crippen molar-refractivity contribution in [2.75, 3.05) is 13.1 Å². The van der Waals surface area contributed by atoms with E-state index in [4.69, 9.17) is 4.74 Å². The van der Waals surface area contributed by atoms with Crippen molar-refractivity contribution in [2.45, 2.75) is 32.0 Å². The number of benzene rings is 1. The van der Waals surface area contributed by atoms with Crippen molar-refractivity contribution in [2.24, 2.45) is 7.05 Å². The first-order valence-electron chi connectivity index (χ1n) is 8.29.